The normalized spacial score (nSPS) is 11.7. The van der Waals surface area contributed by atoms with Crippen molar-refractivity contribution < 1.29 is 29.6 Å². The molecule has 0 saturated carbocycles. The van der Waals surface area contributed by atoms with Crippen LogP contribution in [0.1, 0.15) is 38.9 Å². The van der Waals surface area contributed by atoms with Crippen LogP contribution in [-0.4, -0.2) is 16.7 Å². The quantitative estimate of drug-likeness (QED) is 0.130. The second-order valence-corrected chi connectivity index (χ2v) is 15.6. The second-order valence-electron chi connectivity index (χ2n) is 15.6. The molecule has 291 valence electrons. The summed E-state index contributed by atoms with van der Waals surface area (Å²) in [6, 6.07) is 49.0. The summed E-state index contributed by atoms with van der Waals surface area (Å²) in [4.78, 5) is 9.41. The first-order valence-electron chi connectivity index (χ1n) is 19.8. The van der Waals surface area contributed by atoms with Crippen LogP contribution in [-0.2, 0) is 20.1 Å². The van der Waals surface area contributed by atoms with Gasteiger partial charge in [0.1, 0.15) is 11.5 Å². The maximum atomic E-state index is 6.59. The Labute approximate surface area is 361 Å². The molecule has 2 aliphatic rings. The summed E-state index contributed by atoms with van der Waals surface area (Å²) < 4.78 is 12.9. The molecule has 59 heavy (non-hydrogen) atoms. The van der Waals surface area contributed by atoms with E-state index in [2.05, 4.69) is 151 Å². The van der Waals surface area contributed by atoms with Gasteiger partial charge < -0.3 is 19.4 Å². The van der Waals surface area contributed by atoms with Crippen molar-refractivity contribution in [1.29, 1.82) is 0 Å². The number of para-hydroxylation sites is 2. The molecule has 4 heterocycles. The molecule has 0 spiro atoms. The zero-order chi connectivity index (χ0) is 40.1. The van der Waals surface area contributed by atoms with Crippen molar-refractivity contribution in [2.75, 3.05) is 0 Å². The number of rotatable bonds is 4. The van der Waals surface area contributed by atoms with E-state index in [1.807, 2.05) is 48.8 Å². The minimum atomic E-state index is 0. The van der Waals surface area contributed by atoms with Gasteiger partial charge in [-0.3, -0.25) is 0 Å². The number of aromatic nitrogens is 2. The van der Waals surface area contributed by atoms with E-state index in [1.165, 1.54) is 55.6 Å². The molecular formula is C53H43BIrN2O2-2. The molecule has 4 nitrogen and oxygen atoms in total. The number of hydrogen-bond acceptors (Lipinski definition) is 4. The van der Waals surface area contributed by atoms with Crippen molar-refractivity contribution in [2.45, 2.75) is 48.5 Å². The van der Waals surface area contributed by atoms with E-state index in [-0.39, 0.29) is 26.8 Å². The smallest absolute Gasteiger partial charge is 0.239 e. The topological polar surface area (TPSA) is 44.2 Å². The Kier molecular flexibility index (Phi) is 11.0. The number of hydrogen-bond donors (Lipinski definition) is 0. The molecular weight excluding hydrogens is 900 g/mol. The van der Waals surface area contributed by atoms with Gasteiger partial charge in [-0.25, -0.2) is 0 Å². The maximum absolute atomic E-state index is 6.59. The molecule has 10 rings (SSSR count). The zero-order valence-electron chi connectivity index (χ0n) is 34.3. The molecule has 0 saturated heterocycles. The first-order valence-corrected chi connectivity index (χ1v) is 19.8. The van der Waals surface area contributed by atoms with Gasteiger partial charge in [-0.1, -0.05) is 108 Å². The predicted octanol–water partition coefficient (Wildman–Crippen LogP) is 11.3. The van der Waals surface area contributed by atoms with E-state index in [9.17, 15) is 0 Å². The summed E-state index contributed by atoms with van der Waals surface area (Å²) in [7, 11) is 0. The largest absolute Gasteiger partial charge is 0.503 e. The van der Waals surface area contributed by atoms with Crippen LogP contribution in [0.2, 0.25) is 0 Å². The van der Waals surface area contributed by atoms with Crippen molar-refractivity contribution in [1.82, 2.24) is 9.97 Å². The molecule has 0 unspecified atom stereocenters. The molecule has 2 aromatic heterocycles. The van der Waals surface area contributed by atoms with Crippen LogP contribution in [0.25, 0.3) is 44.8 Å². The third-order valence-electron chi connectivity index (χ3n) is 11.5. The van der Waals surface area contributed by atoms with Crippen LogP contribution in [0.15, 0.2) is 134 Å². The molecule has 0 aliphatic carbocycles. The molecule has 6 heteroatoms. The second kappa shape index (κ2) is 16.3. The molecule has 8 aromatic rings. The van der Waals surface area contributed by atoms with Crippen LogP contribution in [0.5, 0.6) is 23.0 Å². The average Bonchev–Trinajstić information content (AvgIpc) is 3.23. The van der Waals surface area contributed by atoms with Gasteiger partial charge in [0.2, 0.25) is 6.71 Å². The minimum Gasteiger partial charge on any atom is -0.503 e. The Morgan fingerprint density at radius 2 is 1.15 bits per heavy atom. The standard InChI is InChI=1S/C32H23BNO2.C21H20N.Ir/c1-19-12-13-22(20(2)16-19)24-17-27(34-18-21(24)3)23-14-15-30-31-32(23)36-29-11-7-5-9-26(29)33(31)25-8-4-6-10-28(25)35-30;1-14-5-8-18(9-6-14)21-12-20(17(4)13-22-21)19-10-7-15(2)16(3)11-19;/h4-13,15-18H,1-3H3;5-8,10-13H,1-4H3;/q2*-1;. The monoisotopic (exact) mass is 943 g/mol. The number of fused-ring (bicyclic) bond motifs is 4. The summed E-state index contributed by atoms with van der Waals surface area (Å²) >= 11 is 0. The SMILES string of the molecule is Cc1c[c-]c(-c2cc(-c3ccc(C)c(C)c3)c(C)cn2)cc1.Cc1ccc(-c2cc(-c3[c-]cc4c5c3Oc3ccccc3B5c3ccccc3O4)ncc2C)c(C)c1.[Ir]. The zero-order valence-corrected chi connectivity index (χ0v) is 36.7. The van der Waals surface area contributed by atoms with Gasteiger partial charge >= 0.3 is 0 Å². The molecule has 0 fully saturated rings. The Hall–Kier alpha value is -6.07. The fourth-order valence-electron chi connectivity index (χ4n) is 8.13. The van der Waals surface area contributed by atoms with E-state index >= 15 is 0 Å². The fraction of sp³-hybridized carbons (Fsp3) is 0.132. The molecule has 0 atom stereocenters. The van der Waals surface area contributed by atoms with Crippen LogP contribution < -0.4 is 25.9 Å². The van der Waals surface area contributed by atoms with E-state index in [0.717, 1.165) is 67.5 Å². The molecule has 2 aliphatic heterocycles. The van der Waals surface area contributed by atoms with Crippen molar-refractivity contribution in [3.05, 3.63) is 185 Å². The molecule has 0 amide bonds. The first-order chi connectivity index (χ1) is 28.1. The Morgan fingerprint density at radius 1 is 0.492 bits per heavy atom. The third-order valence-corrected chi connectivity index (χ3v) is 11.5. The first kappa shape index (κ1) is 39.7. The summed E-state index contributed by atoms with van der Waals surface area (Å²) in [5, 5.41) is 0. The van der Waals surface area contributed by atoms with E-state index in [0.29, 0.717) is 0 Å². The van der Waals surface area contributed by atoms with Gasteiger partial charge in [-0.15, -0.1) is 47.5 Å². The maximum Gasteiger partial charge on any atom is 0.239 e. The number of nitrogens with zero attached hydrogens (tertiary/aromatic N) is 2. The number of pyridine rings is 2. The van der Waals surface area contributed by atoms with Gasteiger partial charge in [0.15, 0.2) is 0 Å². The van der Waals surface area contributed by atoms with E-state index in [1.54, 1.807) is 0 Å². The van der Waals surface area contributed by atoms with Gasteiger partial charge in [-0.05, 0) is 126 Å². The van der Waals surface area contributed by atoms with Gasteiger partial charge in [-0.2, -0.15) is 0 Å². The molecule has 1 radical (unpaired) electrons. The van der Waals surface area contributed by atoms with Crippen molar-refractivity contribution in [3.8, 4) is 67.8 Å². The molecule has 6 aromatic carbocycles. The van der Waals surface area contributed by atoms with E-state index in [4.69, 9.17) is 14.5 Å². The van der Waals surface area contributed by atoms with Crippen LogP contribution in [0.3, 0.4) is 0 Å². The summed E-state index contributed by atoms with van der Waals surface area (Å²) in [6.07, 6.45) is 3.90. The number of benzene rings is 6. The van der Waals surface area contributed by atoms with Crippen LogP contribution >= 0.6 is 0 Å². The molecule has 0 N–H and O–H groups in total. The van der Waals surface area contributed by atoms with Crippen LogP contribution in [0.4, 0.5) is 0 Å². The third kappa shape index (κ3) is 7.55. The van der Waals surface area contributed by atoms with Gasteiger partial charge in [0.05, 0.1) is 0 Å². The number of aryl methyl sites for hydroxylation is 7. The Morgan fingerprint density at radius 3 is 1.85 bits per heavy atom. The molecule has 0 bridgehead atoms. The average molecular weight is 943 g/mol. The van der Waals surface area contributed by atoms with Gasteiger partial charge in [0, 0.05) is 44.0 Å². The Bertz CT molecular complexity index is 2870. The minimum absolute atomic E-state index is 0. The van der Waals surface area contributed by atoms with Crippen molar-refractivity contribution in [3.63, 3.8) is 0 Å². The van der Waals surface area contributed by atoms with Gasteiger partial charge in [0.25, 0.3) is 0 Å². The van der Waals surface area contributed by atoms with Crippen molar-refractivity contribution >= 4 is 23.1 Å². The Balaban J connectivity index is 0.000000181. The fourth-order valence-corrected chi connectivity index (χ4v) is 8.13. The van der Waals surface area contributed by atoms with Crippen LogP contribution in [0, 0.1) is 60.6 Å². The summed E-state index contributed by atoms with van der Waals surface area (Å²) in [6.45, 7) is 14.9. The van der Waals surface area contributed by atoms with Crippen molar-refractivity contribution in [2.24, 2.45) is 0 Å². The summed E-state index contributed by atoms with van der Waals surface area (Å²) in [5.41, 5.74) is 20.6. The predicted molar refractivity (Wildman–Crippen MR) is 239 cm³/mol. The number of ether oxygens (including phenoxy) is 2. The summed E-state index contributed by atoms with van der Waals surface area (Å²) in [5.74, 6) is 3.30. The van der Waals surface area contributed by atoms with E-state index < -0.39 is 0 Å².